The summed E-state index contributed by atoms with van der Waals surface area (Å²) in [6.07, 6.45) is 1.17. The first-order valence-electron chi connectivity index (χ1n) is 5.75. The van der Waals surface area contributed by atoms with Crippen molar-refractivity contribution in [3.8, 4) is 17.0 Å². The number of carbonyl (C=O) groups excluding carboxylic acids is 1. The molecule has 2 aromatic heterocycles. The van der Waals surface area contributed by atoms with E-state index in [1.807, 2.05) is 0 Å². The lowest BCUT2D eigenvalue weighted by atomic mass is 10.1. The van der Waals surface area contributed by atoms with Crippen LogP contribution < -0.4 is 5.73 Å². The Balaban J connectivity index is 2.36. The number of nitrogens with zero attached hydrogens (tertiary/aromatic N) is 3. The summed E-state index contributed by atoms with van der Waals surface area (Å²) in [4.78, 5) is 15.1. The molecular weight excluding hydrogens is 299 g/mol. The van der Waals surface area contributed by atoms with Gasteiger partial charge in [-0.3, -0.25) is 10.5 Å². The highest BCUT2D eigenvalue weighted by molar-refractivity contribution is 6.30. The van der Waals surface area contributed by atoms with E-state index < -0.39 is 17.5 Å². The second-order valence-corrected chi connectivity index (χ2v) is 4.71. The van der Waals surface area contributed by atoms with Crippen molar-refractivity contribution in [2.45, 2.75) is 0 Å². The summed E-state index contributed by atoms with van der Waals surface area (Å²) in [5, 5.41) is 14.0. The van der Waals surface area contributed by atoms with E-state index in [4.69, 9.17) is 17.3 Å². The molecule has 3 aromatic rings. The summed E-state index contributed by atoms with van der Waals surface area (Å²) in [7, 11) is 0. The predicted molar refractivity (Wildman–Crippen MR) is 72.5 cm³/mol. The Hall–Kier alpha value is -2.67. The third-order valence-electron chi connectivity index (χ3n) is 2.91. The lowest BCUT2D eigenvalue weighted by Crippen LogP contribution is -2.06. The molecule has 0 saturated carbocycles. The van der Waals surface area contributed by atoms with Gasteiger partial charge in [-0.1, -0.05) is 11.6 Å². The maximum atomic E-state index is 13.5. The highest BCUT2D eigenvalue weighted by atomic mass is 35.5. The van der Waals surface area contributed by atoms with Gasteiger partial charge < -0.3 is 5.11 Å². The first kappa shape index (κ1) is 13.3. The summed E-state index contributed by atoms with van der Waals surface area (Å²) in [6, 6.07) is 5.06. The van der Waals surface area contributed by atoms with Gasteiger partial charge in [0.1, 0.15) is 23.5 Å². The molecule has 21 heavy (non-hydrogen) atoms. The van der Waals surface area contributed by atoms with E-state index in [2.05, 4.69) is 10.1 Å². The number of pyridine rings is 1. The van der Waals surface area contributed by atoms with Crippen molar-refractivity contribution >= 4 is 23.2 Å². The van der Waals surface area contributed by atoms with E-state index in [1.165, 1.54) is 29.0 Å². The quantitative estimate of drug-likeness (QED) is 0.786. The van der Waals surface area contributed by atoms with Crippen molar-refractivity contribution in [2.75, 3.05) is 0 Å². The first-order valence-corrected chi connectivity index (χ1v) is 6.13. The van der Waals surface area contributed by atoms with Gasteiger partial charge in [-0.05, 0) is 18.2 Å². The van der Waals surface area contributed by atoms with Gasteiger partial charge in [-0.15, -0.1) is 0 Å². The topological polar surface area (TPSA) is 91.3 Å². The third kappa shape index (κ3) is 2.17. The van der Waals surface area contributed by atoms with E-state index >= 15 is 0 Å². The Morgan fingerprint density at radius 1 is 1.33 bits per heavy atom. The second kappa shape index (κ2) is 4.71. The molecule has 8 heteroatoms. The van der Waals surface area contributed by atoms with Crippen LogP contribution in [0.3, 0.4) is 0 Å². The molecule has 0 aliphatic heterocycles. The fourth-order valence-electron chi connectivity index (χ4n) is 2.09. The first-order chi connectivity index (χ1) is 9.97. The van der Waals surface area contributed by atoms with Gasteiger partial charge in [0.2, 0.25) is 0 Å². The number of nitrogens with one attached hydrogen (secondary N) is 1. The summed E-state index contributed by atoms with van der Waals surface area (Å²) >= 11 is 5.81. The normalized spacial score (nSPS) is 11.0. The van der Waals surface area contributed by atoms with Crippen LogP contribution in [-0.2, 0) is 0 Å². The zero-order chi connectivity index (χ0) is 15.1. The van der Waals surface area contributed by atoms with E-state index in [9.17, 15) is 14.3 Å². The SMILES string of the molecule is [NH]C(=O)c1c(O)cc(-c2cc(F)cc(Cl)c2)n2ncnc12. The van der Waals surface area contributed by atoms with Crippen LogP contribution in [0.15, 0.2) is 30.6 Å². The number of fused-ring (bicyclic) bond motifs is 1. The maximum absolute atomic E-state index is 13.5. The van der Waals surface area contributed by atoms with Crippen LogP contribution in [0.5, 0.6) is 5.75 Å². The summed E-state index contributed by atoms with van der Waals surface area (Å²) in [5.74, 6) is -2.06. The third-order valence-corrected chi connectivity index (χ3v) is 3.13. The number of hydrogen-bond donors (Lipinski definition) is 1. The molecule has 0 aliphatic carbocycles. The zero-order valence-electron chi connectivity index (χ0n) is 10.3. The lowest BCUT2D eigenvalue weighted by Gasteiger charge is -2.09. The van der Waals surface area contributed by atoms with Gasteiger partial charge in [0, 0.05) is 16.7 Å². The minimum absolute atomic E-state index is 0.0189. The van der Waals surface area contributed by atoms with E-state index in [0.29, 0.717) is 11.3 Å². The van der Waals surface area contributed by atoms with Gasteiger partial charge in [-0.25, -0.2) is 13.9 Å². The van der Waals surface area contributed by atoms with Crippen molar-refractivity contribution < 1.29 is 14.3 Å². The smallest absolute Gasteiger partial charge is 0.277 e. The van der Waals surface area contributed by atoms with Crippen LogP contribution in [0.4, 0.5) is 4.39 Å². The van der Waals surface area contributed by atoms with E-state index in [1.54, 1.807) is 0 Å². The van der Waals surface area contributed by atoms with Crippen LogP contribution in [0.2, 0.25) is 5.02 Å². The van der Waals surface area contributed by atoms with Crippen molar-refractivity contribution in [3.63, 3.8) is 0 Å². The molecule has 0 bridgehead atoms. The van der Waals surface area contributed by atoms with Gasteiger partial charge in [0.25, 0.3) is 5.91 Å². The standard InChI is InChI=1S/C13H7ClFN4O2/c14-7-1-6(2-8(15)3-7)9-4-10(20)11(12(16)21)13-17-5-18-19(9)13/h1-5,16,20H. The molecule has 0 atom stereocenters. The predicted octanol–water partition coefficient (Wildman–Crippen LogP) is 2.32. The molecule has 105 valence electrons. The number of rotatable bonds is 2. The van der Waals surface area contributed by atoms with Crippen LogP contribution in [0.1, 0.15) is 10.4 Å². The van der Waals surface area contributed by atoms with Crippen LogP contribution in [0, 0.1) is 5.82 Å². The highest BCUT2D eigenvalue weighted by Gasteiger charge is 2.19. The number of halogens is 2. The molecule has 0 spiro atoms. The number of hydrogen-bond acceptors (Lipinski definition) is 4. The maximum Gasteiger partial charge on any atom is 0.277 e. The monoisotopic (exact) mass is 305 g/mol. The van der Waals surface area contributed by atoms with Crippen molar-refractivity contribution in [2.24, 2.45) is 0 Å². The number of amides is 1. The van der Waals surface area contributed by atoms with Crippen molar-refractivity contribution in [1.82, 2.24) is 20.3 Å². The summed E-state index contributed by atoms with van der Waals surface area (Å²) < 4.78 is 14.7. The lowest BCUT2D eigenvalue weighted by molar-refractivity contribution is 0.0990. The minimum atomic E-state index is -1.09. The van der Waals surface area contributed by atoms with Gasteiger partial charge in [-0.2, -0.15) is 5.10 Å². The minimum Gasteiger partial charge on any atom is -0.507 e. The molecule has 6 nitrogen and oxygen atoms in total. The molecule has 3 rings (SSSR count). The van der Waals surface area contributed by atoms with Crippen LogP contribution in [-0.4, -0.2) is 25.6 Å². The average molecular weight is 306 g/mol. The fraction of sp³-hybridized carbons (Fsp3) is 0. The summed E-state index contributed by atoms with van der Waals surface area (Å²) in [5.41, 5.74) is 7.57. The van der Waals surface area contributed by atoms with Crippen molar-refractivity contribution in [3.05, 3.63) is 47.0 Å². The molecule has 0 unspecified atom stereocenters. The van der Waals surface area contributed by atoms with Gasteiger partial charge in [0.05, 0.1) is 5.69 Å². The van der Waals surface area contributed by atoms with Crippen molar-refractivity contribution in [1.29, 1.82) is 0 Å². The molecule has 0 fully saturated rings. The number of carbonyl (C=O) groups is 1. The average Bonchev–Trinajstić information content (AvgIpc) is 2.84. The Bertz CT molecular complexity index is 858. The molecule has 0 aliphatic rings. The number of aromatic nitrogens is 3. The van der Waals surface area contributed by atoms with Crippen LogP contribution in [0.25, 0.3) is 16.9 Å². The van der Waals surface area contributed by atoms with E-state index in [0.717, 1.165) is 6.07 Å². The number of aromatic hydroxyl groups is 1. The molecule has 0 saturated heterocycles. The van der Waals surface area contributed by atoms with Crippen LogP contribution >= 0.6 is 11.6 Å². The van der Waals surface area contributed by atoms with Gasteiger partial charge >= 0.3 is 0 Å². The Morgan fingerprint density at radius 3 is 2.76 bits per heavy atom. The Kier molecular flexibility index (Phi) is 2.99. The molecule has 2 heterocycles. The number of benzene rings is 1. The molecule has 2 N–H and O–H groups in total. The second-order valence-electron chi connectivity index (χ2n) is 4.27. The highest BCUT2D eigenvalue weighted by Crippen LogP contribution is 2.30. The largest absolute Gasteiger partial charge is 0.507 e. The Morgan fingerprint density at radius 2 is 2.10 bits per heavy atom. The molecule has 1 radical (unpaired) electrons. The van der Waals surface area contributed by atoms with Gasteiger partial charge in [0.15, 0.2) is 5.65 Å². The Labute approximate surface area is 122 Å². The summed E-state index contributed by atoms with van der Waals surface area (Å²) in [6.45, 7) is 0. The van der Waals surface area contributed by atoms with E-state index in [-0.39, 0.29) is 16.2 Å². The molecule has 1 aromatic carbocycles. The zero-order valence-corrected chi connectivity index (χ0v) is 11.1. The fourth-order valence-corrected chi connectivity index (χ4v) is 2.31. The molecule has 1 amide bonds. The molecular formula is C13H7ClFN4O2.